The van der Waals surface area contributed by atoms with Gasteiger partial charge in [-0.15, -0.1) is 0 Å². The highest BCUT2D eigenvalue weighted by molar-refractivity contribution is 5.79. The number of carbonyl (C=O) groups is 1. The second kappa shape index (κ2) is 10.6. The van der Waals surface area contributed by atoms with Crippen LogP contribution in [0.4, 0.5) is 22.0 Å². The monoisotopic (exact) mass is 488 g/mol. The van der Waals surface area contributed by atoms with Crippen LogP contribution in [-0.4, -0.2) is 23.9 Å². The molecule has 1 aliphatic rings. The fourth-order valence-corrected chi connectivity index (χ4v) is 4.56. The summed E-state index contributed by atoms with van der Waals surface area (Å²) in [5.74, 6) is -2.46. The minimum atomic E-state index is -4.45. The van der Waals surface area contributed by atoms with Crippen LogP contribution in [0.15, 0.2) is 72.8 Å². The van der Waals surface area contributed by atoms with Crippen LogP contribution in [0.3, 0.4) is 0 Å². The largest absolute Gasteiger partial charge is 0.416 e. The molecule has 0 saturated carbocycles. The zero-order valence-electron chi connectivity index (χ0n) is 18.9. The molecule has 0 spiro atoms. The fourth-order valence-electron chi connectivity index (χ4n) is 4.56. The summed E-state index contributed by atoms with van der Waals surface area (Å²) < 4.78 is 66.0. The predicted octanol–water partition coefficient (Wildman–Crippen LogP) is 5.91. The summed E-state index contributed by atoms with van der Waals surface area (Å²) in [5.41, 5.74) is 1.27. The number of hydrogen-bond acceptors (Lipinski definition) is 2. The first-order valence-electron chi connectivity index (χ1n) is 11.3. The molecule has 0 aliphatic carbocycles. The number of alkyl halides is 3. The minimum absolute atomic E-state index is 0.0154. The molecule has 1 amide bonds. The maximum Gasteiger partial charge on any atom is 0.416 e. The Kier molecular flexibility index (Phi) is 7.50. The number of benzene rings is 3. The molecule has 0 radical (unpaired) electrons. The number of amides is 1. The van der Waals surface area contributed by atoms with Crippen molar-refractivity contribution in [2.75, 3.05) is 13.1 Å². The number of likely N-dealkylation sites (tertiary alicyclic amines) is 1. The highest BCUT2D eigenvalue weighted by Crippen LogP contribution is 2.32. The minimum Gasteiger partial charge on any atom is -0.352 e. The molecule has 1 fully saturated rings. The topological polar surface area (TPSA) is 32.3 Å². The molecule has 1 heterocycles. The summed E-state index contributed by atoms with van der Waals surface area (Å²) in [5, 5.41) is 2.78. The summed E-state index contributed by atoms with van der Waals surface area (Å²) in [6.45, 7) is 1.37. The third kappa shape index (κ3) is 6.45. The summed E-state index contributed by atoms with van der Waals surface area (Å²) in [4.78, 5) is 15.1. The first-order chi connectivity index (χ1) is 16.7. The zero-order chi connectivity index (χ0) is 25.0. The Morgan fingerprint density at radius 2 is 1.66 bits per heavy atom. The van der Waals surface area contributed by atoms with E-state index >= 15 is 0 Å². The molecule has 35 heavy (non-hydrogen) atoms. The van der Waals surface area contributed by atoms with Crippen molar-refractivity contribution in [2.45, 2.75) is 31.6 Å². The fraction of sp³-hybridized carbons (Fsp3) is 0.296. The molecule has 4 rings (SSSR count). The van der Waals surface area contributed by atoms with Crippen molar-refractivity contribution in [3.8, 4) is 0 Å². The SMILES string of the molecule is O=C(NCc1cccc(C(F)(F)F)c1)[C@@H]1C[C@H](c2ccccc2)CN(Cc2ccc(F)c(F)c2)C1. The van der Waals surface area contributed by atoms with Crippen molar-refractivity contribution < 1.29 is 26.7 Å². The summed E-state index contributed by atoms with van der Waals surface area (Å²) >= 11 is 0. The van der Waals surface area contributed by atoms with Gasteiger partial charge in [0.2, 0.25) is 5.91 Å². The summed E-state index contributed by atoms with van der Waals surface area (Å²) in [6, 6.07) is 18.4. The summed E-state index contributed by atoms with van der Waals surface area (Å²) in [7, 11) is 0. The Hall–Kier alpha value is -3.26. The van der Waals surface area contributed by atoms with Gasteiger partial charge in [-0.2, -0.15) is 13.2 Å². The molecule has 0 unspecified atom stereocenters. The van der Waals surface area contributed by atoms with Crippen molar-refractivity contribution in [1.29, 1.82) is 0 Å². The molecule has 184 valence electrons. The van der Waals surface area contributed by atoms with Crippen LogP contribution in [0.5, 0.6) is 0 Å². The van der Waals surface area contributed by atoms with E-state index in [0.29, 0.717) is 37.2 Å². The van der Waals surface area contributed by atoms with Gasteiger partial charge in [0.25, 0.3) is 0 Å². The average Bonchev–Trinajstić information content (AvgIpc) is 2.85. The van der Waals surface area contributed by atoms with Crippen LogP contribution in [-0.2, 0) is 24.1 Å². The molecule has 8 heteroatoms. The molecule has 0 bridgehead atoms. The Balaban J connectivity index is 1.47. The number of nitrogens with zero attached hydrogens (tertiary/aromatic N) is 1. The van der Waals surface area contributed by atoms with Gasteiger partial charge in [-0.05, 0) is 53.3 Å². The molecular weight excluding hydrogens is 463 g/mol. The summed E-state index contributed by atoms with van der Waals surface area (Å²) in [6.07, 6.45) is -3.88. The first-order valence-corrected chi connectivity index (χ1v) is 11.3. The maximum atomic E-state index is 13.7. The Bertz CT molecular complexity index is 1170. The maximum absolute atomic E-state index is 13.7. The second-order valence-electron chi connectivity index (χ2n) is 8.90. The molecule has 1 aliphatic heterocycles. The van der Waals surface area contributed by atoms with Crippen molar-refractivity contribution in [3.63, 3.8) is 0 Å². The van der Waals surface area contributed by atoms with E-state index < -0.39 is 29.3 Å². The van der Waals surface area contributed by atoms with Crippen LogP contribution in [0.2, 0.25) is 0 Å². The van der Waals surface area contributed by atoms with Gasteiger partial charge in [-0.1, -0.05) is 48.5 Å². The number of halogens is 5. The van der Waals surface area contributed by atoms with Crippen LogP contribution in [0.1, 0.15) is 34.6 Å². The van der Waals surface area contributed by atoms with Gasteiger partial charge in [0, 0.05) is 26.2 Å². The van der Waals surface area contributed by atoms with Crippen molar-refractivity contribution in [2.24, 2.45) is 5.92 Å². The van der Waals surface area contributed by atoms with E-state index in [1.807, 2.05) is 35.2 Å². The Labute approximate surface area is 200 Å². The van der Waals surface area contributed by atoms with Crippen LogP contribution < -0.4 is 5.32 Å². The van der Waals surface area contributed by atoms with E-state index in [1.54, 1.807) is 6.07 Å². The highest BCUT2D eigenvalue weighted by Gasteiger charge is 2.33. The Morgan fingerprint density at radius 1 is 0.886 bits per heavy atom. The van der Waals surface area contributed by atoms with Crippen LogP contribution in [0.25, 0.3) is 0 Å². The lowest BCUT2D eigenvalue weighted by Gasteiger charge is -2.37. The average molecular weight is 489 g/mol. The van der Waals surface area contributed by atoms with Crippen LogP contribution >= 0.6 is 0 Å². The highest BCUT2D eigenvalue weighted by atomic mass is 19.4. The number of carbonyl (C=O) groups excluding carboxylic acids is 1. The third-order valence-electron chi connectivity index (χ3n) is 6.28. The molecule has 3 aromatic carbocycles. The lowest BCUT2D eigenvalue weighted by Crippen LogP contribution is -2.45. The van der Waals surface area contributed by atoms with E-state index in [0.717, 1.165) is 29.8 Å². The van der Waals surface area contributed by atoms with E-state index in [9.17, 15) is 26.7 Å². The Morgan fingerprint density at radius 3 is 2.37 bits per heavy atom. The molecule has 1 N–H and O–H groups in total. The van der Waals surface area contributed by atoms with E-state index in [2.05, 4.69) is 5.32 Å². The molecule has 1 saturated heterocycles. The van der Waals surface area contributed by atoms with Gasteiger partial charge < -0.3 is 5.32 Å². The second-order valence-corrected chi connectivity index (χ2v) is 8.90. The first kappa shape index (κ1) is 24.9. The van der Waals surface area contributed by atoms with Gasteiger partial charge >= 0.3 is 6.18 Å². The van der Waals surface area contributed by atoms with Crippen LogP contribution in [0, 0.1) is 17.6 Å². The number of piperidine rings is 1. The van der Waals surface area contributed by atoms with Crippen molar-refractivity contribution in [1.82, 2.24) is 10.2 Å². The standard InChI is InChI=1S/C27H25F5N2O/c28-24-10-9-19(12-25(24)29)15-34-16-21(20-6-2-1-3-7-20)13-22(17-34)26(35)33-14-18-5-4-8-23(11-18)27(30,31)32/h1-12,21-22H,13-17H2,(H,33,35)/t21-,22+/m0/s1. The lowest BCUT2D eigenvalue weighted by molar-refractivity contribution is -0.137. The smallest absolute Gasteiger partial charge is 0.352 e. The molecule has 2 atom stereocenters. The normalized spacial score (nSPS) is 18.9. The zero-order valence-corrected chi connectivity index (χ0v) is 18.9. The molecule has 3 aromatic rings. The van der Waals surface area contributed by atoms with Gasteiger partial charge in [0.05, 0.1) is 11.5 Å². The molecular formula is C27H25F5N2O. The van der Waals surface area contributed by atoms with Gasteiger partial charge in [0.15, 0.2) is 11.6 Å². The van der Waals surface area contributed by atoms with Gasteiger partial charge in [-0.3, -0.25) is 9.69 Å². The van der Waals surface area contributed by atoms with E-state index in [4.69, 9.17) is 0 Å². The lowest BCUT2D eigenvalue weighted by atomic mass is 9.84. The van der Waals surface area contributed by atoms with Gasteiger partial charge in [0.1, 0.15) is 0 Å². The van der Waals surface area contributed by atoms with Crippen molar-refractivity contribution >= 4 is 5.91 Å². The predicted molar refractivity (Wildman–Crippen MR) is 122 cm³/mol. The number of nitrogens with one attached hydrogen (secondary N) is 1. The quantitative estimate of drug-likeness (QED) is 0.438. The van der Waals surface area contributed by atoms with E-state index in [-0.39, 0.29) is 18.4 Å². The molecule has 0 aromatic heterocycles. The third-order valence-corrected chi connectivity index (χ3v) is 6.28. The molecule has 3 nitrogen and oxygen atoms in total. The van der Waals surface area contributed by atoms with Gasteiger partial charge in [-0.25, -0.2) is 8.78 Å². The number of rotatable bonds is 6. The number of hydrogen-bond donors (Lipinski definition) is 1. The van der Waals surface area contributed by atoms with Crippen molar-refractivity contribution in [3.05, 3.63) is 107 Å². The van der Waals surface area contributed by atoms with E-state index in [1.165, 1.54) is 12.1 Å².